The van der Waals surface area contributed by atoms with Crippen molar-refractivity contribution in [1.82, 2.24) is 10.2 Å². The summed E-state index contributed by atoms with van der Waals surface area (Å²) in [7, 11) is 0. The van der Waals surface area contributed by atoms with Crippen molar-refractivity contribution in [2.75, 3.05) is 26.2 Å². The Morgan fingerprint density at radius 1 is 1.21 bits per heavy atom. The van der Waals surface area contributed by atoms with E-state index < -0.39 is 11.7 Å². The number of amides is 1. The van der Waals surface area contributed by atoms with E-state index in [1.165, 1.54) is 12.1 Å². The molecule has 0 atom stereocenters. The highest BCUT2D eigenvalue weighted by atomic mass is 19.4. The molecule has 2 rings (SSSR count). The van der Waals surface area contributed by atoms with Gasteiger partial charge in [-0.2, -0.15) is 13.2 Å². The van der Waals surface area contributed by atoms with E-state index in [4.69, 9.17) is 0 Å². The molecule has 0 spiro atoms. The number of hydrogen-bond acceptors (Lipinski definition) is 2. The molecule has 0 bridgehead atoms. The smallest absolute Gasteiger partial charge is 0.356 e. The van der Waals surface area contributed by atoms with Crippen molar-refractivity contribution in [3.8, 4) is 0 Å². The Labute approximate surface area is 141 Å². The molecule has 0 unspecified atom stereocenters. The number of nitrogens with one attached hydrogen (secondary N) is 1. The second-order valence-electron chi connectivity index (χ2n) is 6.38. The number of piperidine rings is 1. The van der Waals surface area contributed by atoms with Gasteiger partial charge in [0.15, 0.2) is 0 Å². The number of nitrogens with zero attached hydrogens (tertiary/aromatic N) is 1. The zero-order valence-electron chi connectivity index (χ0n) is 14.0. The summed E-state index contributed by atoms with van der Waals surface area (Å²) in [4.78, 5) is 14.4. The van der Waals surface area contributed by atoms with Crippen LogP contribution in [0.1, 0.15) is 37.3 Å². The molecule has 134 valence electrons. The van der Waals surface area contributed by atoms with Gasteiger partial charge in [-0.15, -0.1) is 0 Å². The van der Waals surface area contributed by atoms with Gasteiger partial charge in [0, 0.05) is 13.0 Å². The topological polar surface area (TPSA) is 32.3 Å². The summed E-state index contributed by atoms with van der Waals surface area (Å²) in [5.41, 5.74) is 0.147. The predicted octanol–water partition coefficient (Wildman–Crippen LogP) is 3.49. The highest BCUT2D eigenvalue weighted by Gasteiger charge is 2.29. The molecule has 1 amide bonds. The third-order valence-corrected chi connectivity index (χ3v) is 4.65. The number of carbonyl (C=O) groups excluding carboxylic acids is 1. The second-order valence-corrected chi connectivity index (χ2v) is 6.38. The molecule has 1 heterocycles. The van der Waals surface area contributed by atoms with Gasteiger partial charge in [0.1, 0.15) is 0 Å². The molecular formula is C18H25F3N2O. The number of rotatable bonds is 6. The van der Waals surface area contributed by atoms with E-state index in [1.807, 2.05) is 0 Å². The molecule has 24 heavy (non-hydrogen) atoms. The summed E-state index contributed by atoms with van der Waals surface area (Å²) < 4.78 is 37.5. The second kappa shape index (κ2) is 8.51. The number of benzene rings is 1. The summed E-state index contributed by atoms with van der Waals surface area (Å²) in [6.07, 6.45) is -1.11. The molecule has 1 aliphatic heterocycles. The van der Waals surface area contributed by atoms with Crippen LogP contribution in [0.5, 0.6) is 0 Å². The molecule has 1 aromatic carbocycles. The number of carbonyl (C=O) groups is 1. The van der Waals surface area contributed by atoms with Crippen LogP contribution in [0, 0.1) is 5.92 Å². The number of halogens is 3. The first-order valence-corrected chi connectivity index (χ1v) is 8.53. The molecule has 0 aromatic heterocycles. The predicted molar refractivity (Wildman–Crippen MR) is 87.6 cm³/mol. The first-order valence-electron chi connectivity index (χ1n) is 8.53. The van der Waals surface area contributed by atoms with E-state index in [-0.39, 0.29) is 5.91 Å². The zero-order valence-corrected chi connectivity index (χ0v) is 14.0. The largest absolute Gasteiger partial charge is 0.416 e. The normalized spacial score (nSPS) is 17.0. The fourth-order valence-corrected chi connectivity index (χ4v) is 3.05. The van der Waals surface area contributed by atoms with Crippen molar-refractivity contribution in [2.45, 2.75) is 38.8 Å². The number of alkyl halides is 3. The SMILES string of the molecule is CCN1CCC(CC(=O)NCCc2ccc(C(F)(F)F)cc2)CC1. The lowest BCUT2D eigenvalue weighted by Crippen LogP contribution is -2.36. The van der Waals surface area contributed by atoms with Crippen LogP contribution in [0.4, 0.5) is 13.2 Å². The van der Waals surface area contributed by atoms with Crippen LogP contribution in [-0.2, 0) is 17.4 Å². The molecule has 1 aromatic rings. The minimum Gasteiger partial charge on any atom is -0.356 e. The third-order valence-electron chi connectivity index (χ3n) is 4.65. The maximum absolute atomic E-state index is 12.5. The molecule has 0 saturated carbocycles. The van der Waals surface area contributed by atoms with Crippen molar-refractivity contribution in [1.29, 1.82) is 0 Å². The molecule has 0 aliphatic carbocycles. The monoisotopic (exact) mass is 342 g/mol. The molecule has 3 nitrogen and oxygen atoms in total. The lowest BCUT2D eigenvalue weighted by Gasteiger charge is -2.30. The Morgan fingerprint density at radius 3 is 2.38 bits per heavy atom. The van der Waals surface area contributed by atoms with E-state index in [0.717, 1.165) is 50.2 Å². The van der Waals surface area contributed by atoms with Gasteiger partial charge in [0.25, 0.3) is 0 Å². The van der Waals surface area contributed by atoms with Crippen molar-refractivity contribution < 1.29 is 18.0 Å². The Morgan fingerprint density at radius 2 is 1.83 bits per heavy atom. The van der Waals surface area contributed by atoms with Gasteiger partial charge in [0.2, 0.25) is 5.91 Å². The van der Waals surface area contributed by atoms with Crippen molar-refractivity contribution in [3.05, 3.63) is 35.4 Å². The lowest BCUT2D eigenvalue weighted by atomic mass is 9.93. The van der Waals surface area contributed by atoms with Gasteiger partial charge in [-0.05, 0) is 62.5 Å². The average Bonchev–Trinajstić information content (AvgIpc) is 2.55. The highest BCUT2D eigenvalue weighted by Crippen LogP contribution is 2.29. The van der Waals surface area contributed by atoms with Crippen LogP contribution in [0.2, 0.25) is 0 Å². The van der Waals surface area contributed by atoms with Crippen molar-refractivity contribution >= 4 is 5.91 Å². The van der Waals surface area contributed by atoms with Gasteiger partial charge in [0.05, 0.1) is 5.56 Å². The van der Waals surface area contributed by atoms with Crippen LogP contribution in [-0.4, -0.2) is 37.0 Å². The number of hydrogen-bond donors (Lipinski definition) is 1. The summed E-state index contributed by atoms with van der Waals surface area (Å²) in [6.45, 7) is 5.78. The molecule has 1 aliphatic rings. The van der Waals surface area contributed by atoms with E-state index in [2.05, 4.69) is 17.1 Å². The van der Waals surface area contributed by atoms with Crippen LogP contribution in [0.25, 0.3) is 0 Å². The quantitative estimate of drug-likeness (QED) is 0.858. The third kappa shape index (κ3) is 5.82. The first-order chi connectivity index (χ1) is 11.4. The summed E-state index contributed by atoms with van der Waals surface area (Å²) in [6, 6.07) is 5.10. The van der Waals surface area contributed by atoms with E-state index in [9.17, 15) is 18.0 Å². The summed E-state index contributed by atoms with van der Waals surface area (Å²) >= 11 is 0. The van der Waals surface area contributed by atoms with Gasteiger partial charge < -0.3 is 10.2 Å². The maximum Gasteiger partial charge on any atom is 0.416 e. The minimum absolute atomic E-state index is 0.0388. The number of likely N-dealkylation sites (tertiary alicyclic amines) is 1. The molecule has 0 radical (unpaired) electrons. The van der Waals surface area contributed by atoms with E-state index in [1.54, 1.807) is 0 Å². The molecule has 1 N–H and O–H groups in total. The average molecular weight is 342 g/mol. The standard InChI is InChI=1S/C18H25F3N2O/c1-2-23-11-8-15(9-12-23)13-17(24)22-10-7-14-3-5-16(6-4-14)18(19,20)21/h3-6,15H,2,7-13H2,1H3,(H,22,24). The Bertz CT molecular complexity index is 520. The Kier molecular flexibility index (Phi) is 6.66. The van der Waals surface area contributed by atoms with Gasteiger partial charge in [-0.3, -0.25) is 4.79 Å². The fourth-order valence-electron chi connectivity index (χ4n) is 3.05. The van der Waals surface area contributed by atoms with Crippen LogP contribution >= 0.6 is 0 Å². The first kappa shape index (κ1) is 18.8. The fraction of sp³-hybridized carbons (Fsp3) is 0.611. The molecule has 6 heteroatoms. The summed E-state index contributed by atoms with van der Waals surface area (Å²) in [5.74, 6) is 0.482. The van der Waals surface area contributed by atoms with E-state index in [0.29, 0.717) is 25.3 Å². The van der Waals surface area contributed by atoms with Crippen LogP contribution in [0.15, 0.2) is 24.3 Å². The Hall–Kier alpha value is -1.56. The summed E-state index contributed by atoms with van der Waals surface area (Å²) in [5, 5.41) is 2.87. The molecule has 1 fully saturated rings. The Balaban J connectivity index is 1.67. The molecular weight excluding hydrogens is 317 g/mol. The van der Waals surface area contributed by atoms with Crippen LogP contribution in [0.3, 0.4) is 0 Å². The van der Waals surface area contributed by atoms with Crippen molar-refractivity contribution in [3.63, 3.8) is 0 Å². The van der Waals surface area contributed by atoms with Crippen LogP contribution < -0.4 is 5.32 Å². The van der Waals surface area contributed by atoms with Gasteiger partial charge in [-0.1, -0.05) is 19.1 Å². The maximum atomic E-state index is 12.5. The lowest BCUT2D eigenvalue weighted by molar-refractivity contribution is -0.137. The van der Waals surface area contributed by atoms with Gasteiger partial charge >= 0.3 is 6.18 Å². The van der Waals surface area contributed by atoms with Crippen molar-refractivity contribution in [2.24, 2.45) is 5.92 Å². The molecule has 1 saturated heterocycles. The zero-order chi connectivity index (χ0) is 17.6. The van der Waals surface area contributed by atoms with Gasteiger partial charge in [-0.25, -0.2) is 0 Å². The minimum atomic E-state index is -4.31. The highest BCUT2D eigenvalue weighted by molar-refractivity contribution is 5.76. The van der Waals surface area contributed by atoms with E-state index >= 15 is 0 Å².